The zero-order chi connectivity index (χ0) is 14.2. The lowest BCUT2D eigenvalue weighted by Crippen LogP contribution is -2.05. The maximum atomic E-state index is 12.4. The van der Waals surface area contributed by atoms with E-state index in [4.69, 9.17) is 22.9 Å². The molecule has 2 rings (SSSR count). The first-order valence-electron chi connectivity index (χ1n) is 5.36. The molecule has 8 N–H and O–H groups in total. The SMILES string of the molecule is Nc1cc(N)cc(S(=O)(=O)c2cc(N)cc(N)c2)c1. The lowest BCUT2D eigenvalue weighted by Gasteiger charge is -2.08. The summed E-state index contributed by atoms with van der Waals surface area (Å²) in [4.78, 5) is 0.0185. The van der Waals surface area contributed by atoms with Crippen LogP contribution in [0, 0.1) is 0 Å². The van der Waals surface area contributed by atoms with E-state index in [1.807, 2.05) is 0 Å². The van der Waals surface area contributed by atoms with Gasteiger partial charge in [0.1, 0.15) is 0 Å². The lowest BCUT2D eigenvalue weighted by molar-refractivity contribution is 0.596. The summed E-state index contributed by atoms with van der Waals surface area (Å²) < 4.78 is 24.8. The fraction of sp³-hybridized carbons (Fsp3) is 0. The van der Waals surface area contributed by atoms with E-state index in [0.717, 1.165) is 0 Å². The third kappa shape index (κ3) is 2.55. The molecule has 0 spiro atoms. The zero-order valence-electron chi connectivity index (χ0n) is 10.00. The average Bonchev–Trinajstić information content (AvgIpc) is 2.26. The van der Waals surface area contributed by atoms with E-state index >= 15 is 0 Å². The van der Waals surface area contributed by atoms with Crippen LogP contribution in [0.1, 0.15) is 0 Å². The first-order chi connectivity index (χ1) is 8.79. The van der Waals surface area contributed by atoms with Crippen molar-refractivity contribution in [3.63, 3.8) is 0 Å². The third-order valence-electron chi connectivity index (χ3n) is 2.52. The fourth-order valence-corrected chi connectivity index (χ4v) is 3.18. The van der Waals surface area contributed by atoms with E-state index in [-0.39, 0.29) is 32.5 Å². The summed E-state index contributed by atoms with van der Waals surface area (Å²) in [5, 5.41) is 0. The second-order valence-electron chi connectivity index (χ2n) is 4.17. The first-order valence-corrected chi connectivity index (χ1v) is 6.84. The minimum Gasteiger partial charge on any atom is -0.399 e. The number of sulfone groups is 1. The van der Waals surface area contributed by atoms with Crippen molar-refractivity contribution in [1.82, 2.24) is 0 Å². The van der Waals surface area contributed by atoms with Gasteiger partial charge in [0.05, 0.1) is 9.79 Å². The third-order valence-corrected chi connectivity index (χ3v) is 4.24. The molecule has 0 aliphatic carbocycles. The maximum Gasteiger partial charge on any atom is 0.206 e. The normalized spacial score (nSPS) is 11.4. The van der Waals surface area contributed by atoms with Crippen molar-refractivity contribution in [2.24, 2.45) is 0 Å². The Hall–Kier alpha value is -2.41. The first kappa shape index (κ1) is 13.0. The Morgan fingerprint density at radius 1 is 0.579 bits per heavy atom. The molecule has 2 aromatic carbocycles. The summed E-state index contributed by atoms with van der Waals surface area (Å²) in [7, 11) is -3.75. The van der Waals surface area contributed by atoms with E-state index in [1.54, 1.807) is 0 Å². The topological polar surface area (TPSA) is 138 Å². The van der Waals surface area contributed by atoms with Crippen LogP contribution in [0.5, 0.6) is 0 Å². The Balaban J connectivity index is 2.65. The summed E-state index contributed by atoms with van der Waals surface area (Å²) in [5.74, 6) is 0. The predicted octanol–water partition coefficient (Wildman–Crippen LogP) is 0.848. The van der Waals surface area contributed by atoms with Crippen molar-refractivity contribution in [1.29, 1.82) is 0 Å². The highest BCUT2D eigenvalue weighted by atomic mass is 32.2. The molecule has 0 aliphatic heterocycles. The van der Waals surface area contributed by atoms with Gasteiger partial charge in [-0.05, 0) is 36.4 Å². The average molecular weight is 278 g/mol. The molecule has 0 heterocycles. The van der Waals surface area contributed by atoms with Gasteiger partial charge in [-0.3, -0.25) is 0 Å². The van der Waals surface area contributed by atoms with Gasteiger partial charge in [-0.1, -0.05) is 0 Å². The number of rotatable bonds is 2. The molecule has 0 fully saturated rings. The van der Waals surface area contributed by atoms with Gasteiger partial charge in [-0.2, -0.15) is 0 Å². The molecule has 0 atom stereocenters. The molecule has 0 aromatic heterocycles. The van der Waals surface area contributed by atoms with Crippen molar-refractivity contribution in [2.75, 3.05) is 22.9 Å². The second-order valence-corrected chi connectivity index (χ2v) is 6.12. The summed E-state index contributed by atoms with van der Waals surface area (Å²) in [5.41, 5.74) is 23.5. The molecule has 2 aromatic rings. The molecule has 0 saturated heterocycles. The van der Waals surface area contributed by atoms with Crippen LogP contribution >= 0.6 is 0 Å². The second kappa shape index (κ2) is 4.36. The molecule has 19 heavy (non-hydrogen) atoms. The molecule has 0 unspecified atom stereocenters. The van der Waals surface area contributed by atoms with E-state index in [9.17, 15) is 8.42 Å². The molecule has 0 aliphatic rings. The highest BCUT2D eigenvalue weighted by molar-refractivity contribution is 7.91. The summed E-state index contributed by atoms with van der Waals surface area (Å²) in [6.45, 7) is 0. The smallest absolute Gasteiger partial charge is 0.206 e. The Morgan fingerprint density at radius 2 is 0.842 bits per heavy atom. The van der Waals surface area contributed by atoms with Gasteiger partial charge in [0, 0.05) is 22.7 Å². The molecule has 100 valence electrons. The van der Waals surface area contributed by atoms with Gasteiger partial charge in [-0.25, -0.2) is 8.42 Å². The summed E-state index contributed by atoms with van der Waals surface area (Å²) in [6.07, 6.45) is 0. The predicted molar refractivity (Wildman–Crippen MR) is 76.0 cm³/mol. The minimum absolute atomic E-state index is 0.00926. The number of benzene rings is 2. The Bertz CT molecular complexity index is 643. The van der Waals surface area contributed by atoms with Crippen LogP contribution in [0.2, 0.25) is 0 Å². The van der Waals surface area contributed by atoms with Gasteiger partial charge < -0.3 is 22.9 Å². The Labute approximate surface area is 110 Å². The number of anilines is 4. The van der Waals surface area contributed by atoms with Gasteiger partial charge in [-0.15, -0.1) is 0 Å². The van der Waals surface area contributed by atoms with Crippen LogP contribution in [0.15, 0.2) is 46.2 Å². The zero-order valence-corrected chi connectivity index (χ0v) is 10.8. The van der Waals surface area contributed by atoms with Crippen molar-refractivity contribution in [2.45, 2.75) is 9.79 Å². The summed E-state index contributed by atoms with van der Waals surface area (Å²) >= 11 is 0. The maximum absolute atomic E-state index is 12.4. The van der Waals surface area contributed by atoms with E-state index in [2.05, 4.69) is 0 Å². The Kier molecular flexibility index (Phi) is 2.99. The van der Waals surface area contributed by atoms with E-state index in [0.29, 0.717) is 0 Å². The van der Waals surface area contributed by atoms with Gasteiger partial charge in [0.15, 0.2) is 0 Å². The van der Waals surface area contributed by atoms with Crippen LogP contribution in [0.25, 0.3) is 0 Å². The van der Waals surface area contributed by atoms with Crippen molar-refractivity contribution >= 4 is 32.6 Å². The highest BCUT2D eigenvalue weighted by Crippen LogP contribution is 2.27. The molecule has 0 bridgehead atoms. The molecule has 6 nitrogen and oxygen atoms in total. The molecule has 0 radical (unpaired) electrons. The number of nitrogens with two attached hydrogens (primary N) is 4. The molecular formula is C12H14N4O2S. The van der Waals surface area contributed by atoms with Crippen LogP contribution in [0.4, 0.5) is 22.7 Å². The van der Waals surface area contributed by atoms with Crippen molar-refractivity contribution in [3.8, 4) is 0 Å². The van der Waals surface area contributed by atoms with Gasteiger partial charge in [0.2, 0.25) is 9.84 Å². The largest absolute Gasteiger partial charge is 0.399 e. The number of nitrogen functional groups attached to an aromatic ring is 4. The van der Waals surface area contributed by atoms with E-state index in [1.165, 1.54) is 36.4 Å². The van der Waals surface area contributed by atoms with Gasteiger partial charge in [0.25, 0.3) is 0 Å². The standard InChI is InChI=1S/C12H14N4O2S/c13-7-1-8(14)4-11(3-7)19(17,18)12-5-9(15)2-10(16)6-12/h1-6H,13-16H2. The highest BCUT2D eigenvalue weighted by Gasteiger charge is 2.19. The summed E-state index contributed by atoms with van der Waals surface area (Å²) in [6, 6.07) is 8.31. The molecular weight excluding hydrogens is 264 g/mol. The van der Waals surface area contributed by atoms with E-state index < -0.39 is 9.84 Å². The minimum atomic E-state index is -3.75. The number of hydrogen-bond acceptors (Lipinski definition) is 6. The van der Waals surface area contributed by atoms with Crippen LogP contribution < -0.4 is 22.9 Å². The van der Waals surface area contributed by atoms with Crippen LogP contribution in [0.3, 0.4) is 0 Å². The molecule has 0 saturated carbocycles. The van der Waals surface area contributed by atoms with Crippen LogP contribution in [-0.2, 0) is 9.84 Å². The molecule has 7 heteroatoms. The lowest BCUT2D eigenvalue weighted by atomic mass is 10.3. The van der Waals surface area contributed by atoms with Crippen molar-refractivity contribution < 1.29 is 8.42 Å². The van der Waals surface area contributed by atoms with Crippen molar-refractivity contribution in [3.05, 3.63) is 36.4 Å². The Morgan fingerprint density at radius 3 is 1.11 bits per heavy atom. The monoisotopic (exact) mass is 278 g/mol. The number of hydrogen-bond donors (Lipinski definition) is 4. The van der Waals surface area contributed by atoms with Crippen LogP contribution in [-0.4, -0.2) is 8.42 Å². The quantitative estimate of drug-likeness (QED) is 0.601. The fourth-order valence-electron chi connectivity index (χ4n) is 1.74. The molecule has 0 amide bonds. The van der Waals surface area contributed by atoms with Gasteiger partial charge >= 0.3 is 0 Å².